The Labute approximate surface area is 248 Å². The molecule has 3 aromatic rings. The highest BCUT2D eigenvalue weighted by Gasteiger charge is 2.17. The summed E-state index contributed by atoms with van der Waals surface area (Å²) in [5.41, 5.74) is 2.62. The molecule has 2 N–H and O–H groups in total. The van der Waals surface area contributed by atoms with Crippen molar-refractivity contribution in [3.05, 3.63) is 90.0 Å². The van der Waals surface area contributed by atoms with Crippen LogP contribution in [0.5, 0.6) is 11.5 Å². The van der Waals surface area contributed by atoms with Gasteiger partial charge in [0.1, 0.15) is 11.5 Å². The van der Waals surface area contributed by atoms with Crippen molar-refractivity contribution in [2.24, 2.45) is 0 Å². The van der Waals surface area contributed by atoms with Gasteiger partial charge in [0.25, 0.3) is 0 Å². The number of benzene rings is 3. The monoisotopic (exact) mass is 574 g/mol. The maximum Gasteiger partial charge on any atom is 0.335 e. The van der Waals surface area contributed by atoms with Gasteiger partial charge in [0.15, 0.2) is 0 Å². The third-order valence-electron chi connectivity index (χ3n) is 7.65. The van der Waals surface area contributed by atoms with Crippen LogP contribution in [0.3, 0.4) is 0 Å². The summed E-state index contributed by atoms with van der Waals surface area (Å²) >= 11 is 0. The lowest BCUT2D eigenvalue weighted by Crippen LogP contribution is -2.46. The minimum Gasteiger partial charge on any atom is -0.493 e. The molecule has 1 atom stereocenters. The fourth-order valence-electron chi connectivity index (χ4n) is 5.29. The number of carboxylic acid groups (broad SMARTS) is 2. The topological polar surface area (TPSA) is 99.5 Å². The van der Waals surface area contributed by atoms with Crippen LogP contribution in [0.4, 0.5) is 5.69 Å². The molecule has 1 saturated heterocycles. The van der Waals surface area contributed by atoms with Crippen molar-refractivity contribution in [2.45, 2.75) is 51.0 Å². The Hall–Kier alpha value is -4.04. The van der Waals surface area contributed by atoms with E-state index in [0.29, 0.717) is 25.2 Å². The van der Waals surface area contributed by atoms with Gasteiger partial charge in [-0.15, -0.1) is 0 Å². The van der Waals surface area contributed by atoms with Crippen molar-refractivity contribution in [3.63, 3.8) is 0 Å². The van der Waals surface area contributed by atoms with Crippen LogP contribution in [0.15, 0.2) is 78.9 Å². The first-order valence-electron chi connectivity index (χ1n) is 14.9. The molecule has 224 valence electrons. The molecule has 42 heavy (non-hydrogen) atoms. The number of rotatable bonds is 17. The van der Waals surface area contributed by atoms with Gasteiger partial charge in [0, 0.05) is 44.8 Å². The molecule has 0 amide bonds. The number of aromatic carboxylic acids is 1. The van der Waals surface area contributed by atoms with Gasteiger partial charge in [0.05, 0.1) is 18.3 Å². The first-order chi connectivity index (χ1) is 20.5. The average Bonchev–Trinajstić information content (AvgIpc) is 3.01. The summed E-state index contributed by atoms with van der Waals surface area (Å²) in [6, 6.07) is 25.1. The van der Waals surface area contributed by atoms with Crippen molar-refractivity contribution in [3.8, 4) is 11.5 Å². The van der Waals surface area contributed by atoms with E-state index in [1.54, 1.807) is 12.1 Å². The lowest BCUT2D eigenvalue weighted by atomic mass is 10.0. The van der Waals surface area contributed by atoms with E-state index >= 15 is 0 Å². The normalized spacial score (nSPS) is 14.3. The Morgan fingerprint density at radius 1 is 0.786 bits per heavy atom. The largest absolute Gasteiger partial charge is 0.493 e. The molecule has 1 fully saturated rings. The van der Waals surface area contributed by atoms with E-state index in [4.69, 9.17) is 19.7 Å². The highest BCUT2D eigenvalue weighted by Crippen LogP contribution is 2.24. The van der Waals surface area contributed by atoms with Crippen LogP contribution in [-0.4, -0.2) is 72.5 Å². The number of aryl methyl sites for hydroxylation is 1. The molecule has 0 aromatic heterocycles. The number of carboxylic acids is 2. The zero-order chi connectivity index (χ0) is 29.6. The number of piperazine rings is 1. The van der Waals surface area contributed by atoms with E-state index in [0.717, 1.165) is 69.7 Å². The van der Waals surface area contributed by atoms with Crippen LogP contribution >= 0.6 is 0 Å². The number of aliphatic carboxylic acids is 1. The van der Waals surface area contributed by atoms with Crippen LogP contribution in [0.1, 0.15) is 54.4 Å². The highest BCUT2D eigenvalue weighted by molar-refractivity contribution is 5.87. The van der Waals surface area contributed by atoms with Crippen molar-refractivity contribution >= 4 is 17.6 Å². The van der Waals surface area contributed by atoms with Crippen LogP contribution in [0.2, 0.25) is 0 Å². The second kappa shape index (κ2) is 16.4. The van der Waals surface area contributed by atoms with Crippen LogP contribution in [-0.2, 0) is 11.2 Å². The summed E-state index contributed by atoms with van der Waals surface area (Å²) in [6.45, 7) is 5.85. The number of anilines is 1. The zero-order valence-corrected chi connectivity index (χ0v) is 24.2. The number of unbranched alkanes of at least 4 members (excludes halogenated alkanes) is 1. The van der Waals surface area contributed by atoms with E-state index < -0.39 is 11.9 Å². The molecule has 1 unspecified atom stereocenters. The third-order valence-corrected chi connectivity index (χ3v) is 7.65. The molecule has 1 heterocycles. The van der Waals surface area contributed by atoms with Gasteiger partial charge in [-0.05, 0) is 86.6 Å². The summed E-state index contributed by atoms with van der Waals surface area (Å²) in [6.07, 6.45) is 4.51. The van der Waals surface area contributed by atoms with Crippen molar-refractivity contribution in [2.75, 3.05) is 44.2 Å². The lowest BCUT2D eigenvalue weighted by molar-refractivity contribution is -0.137. The molecule has 1 aliphatic rings. The number of hydrogen-bond donors (Lipinski definition) is 2. The summed E-state index contributed by atoms with van der Waals surface area (Å²) < 4.78 is 12.5. The Balaban J connectivity index is 1.24. The molecule has 0 bridgehead atoms. The summed E-state index contributed by atoms with van der Waals surface area (Å²) in [4.78, 5) is 27.1. The zero-order valence-electron chi connectivity index (χ0n) is 24.2. The fraction of sp³-hybridized carbons (Fsp3) is 0.412. The summed E-state index contributed by atoms with van der Waals surface area (Å²) in [5.74, 6) is -0.273. The Morgan fingerprint density at radius 3 is 2.21 bits per heavy atom. The van der Waals surface area contributed by atoms with Gasteiger partial charge in [-0.25, -0.2) is 4.79 Å². The first-order valence-corrected chi connectivity index (χ1v) is 14.9. The Kier molecular flexibility index (Phi) is 12.1. The lowest BCUT2D eigenvalue weighted by Gasteiger charge is -2.36. The van der Waals surface area contributed by atoms with Gasteiger partial charge >= 0.3 is 11.9 Å². The van der Waals surface area contributed by atoms with Gasteiger partial charge in [-0.3, -0.25) is 9.69 Å². The maximum absolute atomic E-state index is 11.2. The molecule has 8 heteroatoms. The third kappa shape index (κ3) is 10.1. The number of para-hydroxylation sites is 2. The van der Waals surface area contributed by atoms with Gasteiger partial charge < -0.3 is 24.6 Å². The second-order valence-electron chi connectivity index (χ2n) is 10.7. The van der Waals surface area contributed by atoms with E-state index in [1.807, 2.05) is 18.2 Å². The maximum atomic E-state index is 11.2. The molecular weight excluding hydrogens is 532 g/mol. The Morgan fingerprint density at radius 2 is 1.50 bits per heavy atom. The van der Waals surface area contributed by atoms with Crippen molar-refractivity contribution < 1.29 is 29.3 Å². The standard InChI is InChI=1S/C34H42N2O6/c37-33(38)14-7-5-12-30(42-31-19-16-28(17-20-31)34(39)40)18-15-27-9-4-6-13-32(27)41-26-8-21-35-22-24-36(25-23-35)29-10-2-1-3-11-29/h1-4,6,9-11,13,16-17,19-20,30H,5,7-8,12,14-15,18,21-26H2,(H,37,38)(H,39,40). The van der Waals surface area contributed by atoms with Gasteiger partial charge in [-0.1, -0.05) is 36.4 Å². The molecule has 0 aliphatic carbocycles. The van der Waals surface area contributed by atoms with Crippen LogP contribution < -0.4 is 14.4 Å². The molecule has 0 spiro atoms. The SMILES string of the molecule is O=C(O)CCCCC(CCc1ccccc1OCCCN1CCN(c2ccccc2)CC1)Oc1ccc(C(=O)O)cc1. The molecule has 1 aliphatic heterocycles. The number of ether oxygens (including phenoxy) is 2. The van der Waals surface area contributed by atoms with E-state index in [-0.39, 0.29) is 18.1 Å². The highest BCUT2D eigenvalue weighted by atomic mass is 16.5. The molecule has 8 nitrogen and oxygen atoms in total. The van der Waals surface area contributed by atoms with Crippen LogP contribution in [0.25, 0.3) is 0 Å². The molecule has 0 saturated carbocycles. The molecule has 0 radical (unpaired) electrons. The quantitative estimate of drug-likeness (QED) is 0.189. The minimum atomic E-state index is -0.978. The fourth-order valence-corrected chi connectivity index (χ4v) is 5.29. The molecule has 3 aromatic carbocycles. The van der Waals surface area contributed by atoms with Crippen LogP contribution in [0, 0.1) is 0 Å². The average molecular weight is 575 g/mol. The van der Waals surface area contributed by atoms with E-state index in [2.05, 4.69) is 46.2 Å². The molecular formula is C34H42N2O6. The smallest absolute Gasteiger partial charge is 0.335 e. The van der Waals surface area contributed by atoms with Crippen molar-refractivity contribution in [1.29, 1.82) is 0 Å². The van der Waals surface area contributed by atoms with E-state index in [1.165, 1.54) is 17.8 Å². The Bertz CT molecular complexity index is 1240. The summed E-state index contributed by atoms with van der Waals surface area (Å²) in [5, 5.41) is 18.2. The van der Waals surface area contributed by atoms with Gasteiger partial charge in [-0.2, -0.15) is 0 Å². The molecule has 4 rings (SSSR count). The number of carbonyl (C=O) groups is 2. The van der Waals surface area contributed by atoms with Gasteiger partial charge in [0.2, 0.25) is 0 Å². The predicted molar refractivity (Wildman–Crippen MR) is 164 cm³/mol. The first kappa shape index (κ1) is 30.9. The summed E-state index contributed by atoms with van der Waals surface area (Å²) in [7, 11) is 0. The predicted octanol–water partition coefficient (Wildman–Crippen LogP) is 6.00. The number of nitrogens with zero attached hydrogens (tertiary/aromatic N) is 2. The number of hydrogen-bond acceptors (Lipinski definition) is 6. The van der Waals surface area contributed by atoms with Crippen molar-refractivity contribution in [1.82, 2.24) is 4.90 Å². The van der Waals surface area contributed by atoms with E-state index in [9.17, 15) is 9.59 Å². The minimum absolute atomic E-state index is 0.128. The second-order valence-corrected chi connectivity index (χ2v) is 10.7.